The summed E-state index contributed by atoms with van der Waals surface area (Å²) in [6.45, 7) is 6.93. The maximum atomic E-state index is 11.6. The Hall–Kier alpha value is -2.03. The maximum Gasteiger partial charge on any atom is 0.224 e. The van der Waals surface area contributed by atoms with Crippen molar-refractivity contribution >= 4 is 63.5 Å². The molecule has 1 amide bonds. The van der Waals surface area contributed by atoms with Crippen LogP contribution in [0.3, 0.4) is 0 Å². The van der Waals surface area contributed by atoms with Crippen molar-refractivity contribution in [1.82, 2.24) is 4.90 Å². The van der Waals surface area contributed by atoms with Gasteiger partial charge in [-0.2, -0.15) is 0 Å². The average Bonchev–Trinajstić information content (AvgIpc) is 3.30. The van der Waals surface area contributed by atoms with Gasteiger partial charge in [-0.15, -0.1) is 36.2 Å². The first-order valence-corrected chi connectivity index (χ1v) is 12.2. The molecule has 3 aromatic rings. The molecule has 1 N–H and O–H groups in total. The van der Waals surface area contributed by atoms with Crippen molar-refractivity contribution in [2.45, 2.75) is 12.8 Å². The third kappa shape index (κ3) is 6.34. The standard InChI is InChI=1S/C25H29N3O3S.2ClH/c29-25-7-5-19-4-6-20(18-22(19)26-25)31-16-15-30-14-13-27-9-11-28(12-10-27)23-2-1-3-24-21(23)8-17-32-24;;/h1-4,6,8,17-18H,5,7,9-16H2,(H,26,29);2*1H. The Kier molecular flexibility index (Phi) is 9.85. The lowest BCUT2D eigenvalue weighted by molar-refractivity contribution is -0.116. The molecular formula is C25H31Cl2N3O3S. The first-order valence-electron chi connectivity index (χ1n) is 11.3. The summed E-state index contributed by atoms with van der Waals surface area (Å²) in [7, 11) is 0. The Bertz CT molecular complexity index is 1090. The summed E-state index contributed by atoms with van der Waals surface area (Å²) in [4.78, 5) is 16.5. The fourth-order valence-electron chi connectivity index (χ4n) is 4.42. The number of anilines is 2. The van der Waals surface area contributed by atoms with E-state index in [1.54, 1.807) is 0 Å². The van der Waals surface area contributed by atoms with Gasteiger partial charge in [0.15, 0.2) is 0 Å². The number of nitrogens with one attached hydrogen (secondary N) is 1. The molecule has 5 rings (SSSR count). The molecule has 6 nitrogen and oxygen atoms in total. The SMILES string of the molecule is Cl.Cl.O=C1CCc2ccc(OCCOCCN3CCN(c4cccc5sccc45)CC3)cc2N1. The molecule has 1 aromatic heterocycles. The van der Waals surface area contributed by atoms with Gasteiger partial charge in [-0.05, 0) is 41.6 Å². The first kappa shape index (κ1) is 26.6. The number of hydrogen-bond donors (Lipinski definition) is 1. The number of ether oxygens (including phenoxy) is 2. The Morgan fingerprint density at radius 3 is 2.65 bits per heavy atom. The molecule has 0 aliphatic carbocycles. The molecule has 1 fully saturated rings. The van der Waals surface area contributed by atoms with E-state index in [0.29, 0.717) is 26.2 Å². The van der Waals surface area contributed by atoms with E-state index in [9.17, 15) is 4.79 Å². The Labute approximate surface area is 217 Å². The van der Waals surface area contributed by atoms with Crippen molar-refractivity contribution in [1.29, 1.82) is 0 Å². The van der Waals surface area contributed by atoms with Gasteiger partial charge < -0.3 is 19.7 Å². The van der Waals surface area contributed by atoms with Gasteiger partial charge in [0.05, 0.1) is 13.2 Å². The molecule has 0 atom stereocenters. The quantitative estimate of drug-likeness (QED) is 0.427. The number of nitrogens with zero attached hydrogens (tertiary/aromatic N) is 2. The number of piperazine rings is 1. The van der Waals surface area contributed by atoms with Crippen molar-refractivity contribution in [2.24, 2.45) is 0 Å². The van der Waals surface area contributed by atoms with Crippen molar-refractivity contribution in [3.63, 3.8) is 0 Å². The van der Waals surface area contributed by atoms with E-state index in [1.807, 2.05) is 29.5 Å². The molecule has 0 spiro atoms. The normalized spacial score (nSPS) is 15.8. The van der Waals surface area contributed by atoms with Crippen molar-refractivity contribution in [2.75, 3.05) is 62.8 Å². The highest BCUT2D eigenvalue weighted by atomic mass is 35.5. The van der Waals surface area contributed by atoms with Gasteiger partial charge in [0.25, 0.3) is 0 Å². The first-order chi connectivity index (χ1) is 15.8. The lowest BCUT2D eigenvalue weighted by Gasteiger charge is -2.36. The number of thiophene rings is 1. The predicted molar refractivity (Wildman–Crippen MR) is 145 cm³/mol. The summed E-state index contributed by atoms with van der Waals surface area (Å²) in [6.07, 6.45) is 1.35. The Morgan fingerprint density at radius 2 is 1.79 bits per heavy atom. The summed E-state index contributed by atoms with van der Waals surface area (Å²) in [6, 6.07) is 14.7. The van der Waals surface area contributed by atoms with Crippen LogP contribution in [0.15, 0.2) is 47.8 Å². The van der Waals surface area contributed by atoms with Gasteiger partial charge in [0, 0.05) is 66.7 Å². The lowest BCUT2D eigenvalue weighted by Crippen LogP contribution is -2.47. The van der Waals surface area contributed by atoms with Crippen LogP contribution in [0.4, 0.5) is 11.4 Å². The molecule has 2 aliphatic heterocycles. The van der Waals surface area contributed by atoms with Gasteiger partial charge in [-0.25, -0.2) is 0 Å². The summed E-state index contributed by atoms with van der Waals surface area (Å²) in [5.74, 6) is 0.841. The number of rotatable bonds is 8. The van der Waals surface area contributed by atoms with E-state index in [-0.39, 0.29) is 30.7 Å². The van der Waals surface area contributed by atoms with Crippen LogP contribution in [0.5, 0.6) is 5.75 Å². The summed E-state index contributed by atoms with van der Waals surface area (Å²) in [5, 5.41) is 6.46. The summed E-state index contributed by atoms with van der Waals surface area (Å²) < 4.78 is 13.0. The molecule has 2 aliphatic rings. The van der Waals surface area contributed by atoms with Crippen molar-refractivity contribution < 1.29 is 14.3 Å². The second kappa shape index (κ2) is 12.6. The van der Waals surface area contributed by atoms with Gasteiger partial charge in [0.1, 0.15) is 12.4 Å². The van der Waals surface area contributed by atoms with E-state index in [4.69, 9.17) is 9.47 Å². The molecule has 0 unspecified atom stereocenters. The van der Waals surface area contributed by atoms with Crippen LogP contribution >= 0.6 is 36.2 Å². The third-order valence-electron chi connectivity index (χ3n) is 6.21. The van der Waals surface area contributed by atoms with E-state index >= 15 is 0 Å². The zero-order chi connectivity index (χ0) is 21.8. The smallest absolute Gasteiger partial charge is 0.224 e. The molecule has 9 heteroatoms. The van der Waals surface area contributed by atoms with Crippen LogP contribution in [0.25, 0.3) is 10.1 Å². The van der Waals surface area contributed by atoms with Crippen LogP contribution in [0.1, 0.15) is 12.0 Å². The molecule has 1 saturated heterocycles. The van der Waals surface area contributed by atoms with Crippen molar-refractivity contribution in [3.8, 4) is 5.75 Å². The van der Waals surface area contributed by atoms with Crippen LogP contribution in [-0.4, -0.2) is 63.4 Å². The lowest BCUT2D eigenvalue weighted by atomic mass is 10.0. The second-order valence-corrected chi connectivity index (χ2v) is 9.21. The number of halogens is 2. The van der Waals surface area contributed by atoms with Gasteiger partial charge >= 0.3 is 0 Å². The highest BCUT2D eigenvalue weighted by Crippen LogP contribution is 2.31. The largest absolute Gasteiger partial charge is 0.491 e. The molecule has 0 saturated carbocycles. The number of aryl methyl sites for hydroxylation is 1. The van der Waals surface area contributed by atoms with Gasteiger partial charge in [0.2, 0.25) is 5.91 Å². The predicted octanol–water partition coefficient (Wildman–Crippen LogP) is 4.85. The molecular weight excluding hydrogens is 493 g/mol. The van der Waals surface area contributed by atoms with Gasteiger partial charge in [-0.1, -0.05) is 12.1 Å². The van der Waals surface area contributed by atoms with Crippen LogP contribution in [0, 0.1) is 0 Å². The minimum atomic E-state index is 0. The van der Waals surface area contributed by atoms with Crippen LogP contribution in [0.2, 0.25) is 0 Å². The molecule has 34 heavy (non-hydrogen) atoms. The molecule has 2 aromatic carbocycles. The number of fused-ring (bicyclic) bond motifs is 2. The minimum absolute atomic E-state index is 0. The number of carbonyl (C=O) groups is 1. The molecule has 184 valence electrons. The number of carbonyl (C=O) groups excluding carboxylic acids is 1. The summed E-state index contributed by atoms with van der Waals surface area (Å²) >= 11 is 1.81. The van der Waals surface area contributed by atoms with E-state index < -0.39 is 0 Å². The zero-order valence-electron chi connectivity index (χ0n) is 19.0. The third-order valence-corrected chi connectivity index (χ3v) is 7.09. The maximum absolute atomic E-state index is 11.6. The van der Waals surface area contributed by atoms with E-state index in [0.717, 1.165) is 50.6 Å². The fraction of sp³-hybridized carbons (Fsp3) is 0.400. The van der Waals surface area contributed by atoms with Crippen LogP contribution < -0.4 is 15.0 Å². The average molecular weight is 525 g/mol. The Morgan fingerprint density at radius 1 is 0.941 bits per heavy atom. The topological polar surface area (TPSA) is 54.0 Å². The number of benzene rings is 2. The monoisotopic (exact) mass is 523 g/mol. The number of amides is 1. The minimum Gasteiger partial charge on any atom is -0.491 e. The fourth-order valence-corrected chi connectivity index (χ4v) is 5.23. The molecule has 3 heterocycles. The van der Waals surface area contributed by atoms with Crippen molar-refractivity contribution in [3.05, 3.63) is 53.4 Å². The molecule has 0 radical (unpaired) electrons. The highest BCUT2D eigenvalue weighted by Gasteiger charge is 2.19. The number of hydrogen-bond acceptors (Lipinski definition) is 6. The summed E-state index contributed by atoms with van der Waals surface area (Å²) in [5.41, 5.74) is 3.40. The Balaban J connectivity index is 0.00000162. The van der Waals surface area contributed by atoms with Gasteiger partial charge in [-0.3, -0.25) is 9.69 Å². The zero-order valence-corrected chi connectivity index (χ0v) is 21.5. The molecule has 0 bridgehead atoms. The van der Waals surface area contributed by atoms with Crippen LogP contribution in [-0.2, 0) is 16.0 Å². The van der Waals surface area contributed by atoms with E-state index in [2.05, 4.69) is 44.8 Å². The highest BCUT2D eigenvalue weighted by molar-refractivity contribution is 7.17. The second-order valence-electron chi connectivity index (χ2n) is 8.27. The van der Waals surface area contributed by atoms with E-state index in [1.165, 1.54) is 21.3 Å².